The molecule has 3 aromatic rings. The number of morpholine rings is 1. The van der Waals surface area contributed by atoms with Crippen molar-refractivity contribution in [2.75, 3.05) is 67.7 Å². The van der Waals surface area contributed by atoms with Crippen LogP contribution in [0.3, 0.4) is 0 Å². The fraction of sp³-hybridized carbons (Fsp3) is 0.593. The first-order valence-electron chi connectivity index (χ1n) is 14.0. The van der Waals surface area contributed by atoms with Crippen LogP contribution in [0.15, 0.2) is 30.3 Å². The van der Waals surface area contributed by atoms with E-state index in [0.29, 0.717) is 86.5 Å². The van der Waals surface area contributed by atoms with Crippen LogP contribution in [0.5, 0.6) is 0 Å². The van der Waals surface area contributed by atoms with E-state index in [1.807, 2.05) is 4.90 Å². The quantitative estimate of drug-likeness (QED) is 0.454. The zero-order valence-electron chi connectivity index (χ0n) is 22.4. The predicted octanol–water partition coefficient (Wildman–Crippen LogP) is 3.29. The van der Waals surface area contributed by atoms with Gasteiger partial charge in [0.15, 0.2) is 15.7 Å². The van der Waals surface area contributed by atoms with Crippen molar-refractivity contribution in [2.45, 2.75) is 38.2 Å². The van der Waals surface area contributed by atoms with Gasteiger partial charge < -0.3 is 15.0 Å². The highest BCUT2D eigenvalue weighted by atomic mass is 32.2. The number of benzene rings is 1. The smallest absolute Gasteiger partial charge is 0.296 e. The minimum atomic E-state index is -2.88. The molecule has 216 valence electrons. The molecule has 1 N–H and O–H groups in total. The van der Waals surface area contributed by atoms with Gasteiger partial charge in [0.25, 0.3) is 6.43 Å². The standard InChI is InChI=1S/C27H35F2N7O3S/c28-25(29)26-31-21-3-1-2-4-22(21)36(26)24-17-23(32-27(33-24)35-9-13-39-14-10-35)30-18-19-5-7-20(8-6-19)34-11-15-40(37,38)16-12-34/h1-4,17,19-20,25H,5-16,18H2,(H,30,32,33)/t19-,20-. The molecule has 0 bridgehead atoms. The van der Waals surface area contributed by atoms with Gasteiger partial charge in [0, 0.05) is 44.8 Å². The monoisotopic (exact) mass is 575 g/mol. The molecule has 3 aliphatic rings. The third-order valence-electron chi connectivity index (χ3n) is 8.29. The maximum atomic E-state index is 14.1. The lowest BCUT2D eigenvalue weighted by Gasteiger charge is -2.38. The molecule has 1 saturated carbocycles. The van der Waals surface area contributed by atoms with Gasteiger partial charge in [-0.1, -0.05) is 12.1 Å². The summed E-state index contributed by atoms with van der Waals surface area (Å²) in [5.41, 5.74) is 1.06. The summed E-state index contributed by atoms with van der Waals surface area (Å²) >= 11 is 0. The molecule has 0 atom stereocenters. The molecule has 0 amide bonds. The largest absolute Gasteiger partial charge is 0.378 e. The number of fused-ring (bicyclic) bond motifs is 1. The minimum Gasteiger partial charge on any atom is -0.378 e. The average Bonchev–Trinajstić information content (AvgIpc) is 3.37. The van der Waals surface area contributed by atoms with Crippen molar-refractivity contribution in [2.24, 2.45) is 5.92 Å². The lowest BCUT2D eigenvalue weighted by Crippen LogP contribution is -2.47. The topological polar surface area (TPSA) is 105 Å². The van der Waals surface area contributed by atoms with E-state index in [1.165, 1.54) is 4.57 Å². The van der Waals surface area contributed by atoms with Crippen LogP contribution < -0.4 is 10.2 Å². The normalized spacial score (nSPS) is 24.0. The number of nitrogens with one attached hydrogen (secondary N) is 1. The number of alkyl halides is 2. The Morgan fingerprint density at radius 2 is 1.70 bits per heavy atom. The fourth-order valence-electron chi connectivity index (χ4n) is 6.02. The van der Waals surface area contributed by atoms with E-state index in [9.17, 15) is 17.2 Å². The van der Waals surface area contributed by atoms with Gasteiger partial charge in [-0.3, -0.25) is 9.47 Å². The molecule has 3 fully saturated rings. The number of sulfone groups is 1. The molecule has 40 heavy (non-hydrogen) atoms. The van der Waals surface area contributed by atoms with Crippen molar-refractivity contribution in [1.29, 1.82) is 0 Å². The van der Waals surface area contributed by atoms with Crippen LogP contribution in [0.4, 0.5) is 20.5 Å². The third-order valence-corrected chi connectivity index (χ3v) is 9.90. The second kappa shape index (κ2) is 11.5. The number of ether oxygens (including phenoxy) is 1. The maximum absolute atomic E-state index is 14.1. The molecular weight excluding hydrogens is 540 g/mol. The summed E-state index contributed by atoms with van der Waals surface area (Å²) in [6.45, 7) is 4.33. The predicted molar refractivity (Wildman–Crippen MR) is 149 cm³/mol. The first-order chi connectivity index (χ1) is 19.4. The second-order valence-electron chi connectivity index (χ2n) is 10.8. The molecule has 0 spiro atoms. The number of hydrogen-bond donors (Lipinski definition) is 1. The van der Waals surface area contributed by atoms with Gasteiger partial charge in [0.2, 0.25) is 5.95 Å². The lowest BCUT2D eigenvalue weighted by molar-refractivity contribution is 0.122. The Morgan fingerprint density at radius 1 is 0.975 bits per heavy atom. The highest BCUT2D eigenvalue weighted by Crippen LogP contribution is 2.31. The van der Waals surface area contributed by atoms with Crippen LogP contribution in [0.1, 0.15) is 37.9 Å². The van der Waals surface area contributed by atoms with Crippen molar-refractivity contribution in [3.8, 4) is 5.82 Å². The van der Waals surface area contributed by atoms with Gasteiger partial charge in [0.1, 0.15) is 11.6 Å². The van der Waals surface area contributed by atoms with Gasteiger partial charge >= 0.3 is 0 Å². The lowest BCUT2D eigenvalue weighted by atomic mass is 9.85. The van der Waals surface area contributed by atoms with Crippen molar-refractivity contribution < 1.29 is 21.9 Å². The highest BCUT2D eigenvalue weighted by molar-refractivity contribution is 7.91. The van der Waals surface area contributed by atoms with E-state index in [2.05, 4.69) is 15.2 Å². The van der Waals surface area contributed by atoms with Gasteiger partial charge in [0.05, 0.1) is 35.8 Å². The number of rotatable bonds is 7. The van der Waals surface area contributed by atoms with Crippen LogP contribution in [0, 0.1) is 5.92 Å². The fourth-order valence-corrected chi connectivity index (χ4v) is 7.25. The van der Waals surface area contributed by atoms with Crippen LogP contribution in [-0.4, -0.2) is 96.3 Å². The molecule has 1 aromatic carbocycles. The Hall–Kier alpha value is -2.90. The summed E-state index contributed by atoms with van der Waals surface area (Å²) in [6, 6.07) is 9.24. The van der Waals surface area contributed by atoms with E-state index < -0.39 is 16.3 Å². The average molecular weight is 576 g/mol. The Bertz CT molecular complexity index is 1420. The second-order valence-corrected chi connectivity index (χ2v) is 13.2. The number of para-hydroxylation sites is 2. The van der Waals surface area contributed by atoms with Crippen LogP contribution in [0.2, 0.25) is 0 Å². The van der Waals surface area contributed by atoms with E-state index in [-0.39, 0.29) is 17.3 Å². The molecule has 2 aliphatic heterocycles. The van der Waals surface area contributed by atoms with Gasteiger partial charge in [-0.05, 0) is 43.7 Å². The van der Waals surface area contributed by atoms with Crippen molar-refractivity contribution in [3.05, 3.63) is 36.2 Å². The minimum absolute atomic E-state index is 0.259. The number of imidazole rings is 1. The maximum Gasteiger partial charge on any atom is 0.296 e. The molecule has 1 aliphatic carbocycles. The molecule has 10 nitrogen and oxygen atoms in total. The zero-order chi connectivity index (χ0) is 27.7. The Morgan fingerprint density at radius 3 is 2.42 bits per heavy atom. The van der Waals surface area contributed by atoms with Gasteiger partial charge in [-0.25, -0.2) is 22.2 Å². The van der Waals surface area contributed by atoms with Crippen molar-refractivity contribution in [3.63, 3.8) is 0 Å². The zero-order valence-corrected chi connectivity index (χ0v) is 23.2. The van der Waals surface area contributed by atoms with Crippen molar-refractivity contribution >= 4 is 32.6 Å². The summed E-state index contributed by atoms with van der Waals surface area (Å²) in [5, 5.41) is 3.47. The molecular formula is C27H35F2N7O3S. The summed E-state index contributed by atoms with van der Waals surface area (Å²) < 4.78 is 58.7. The molecule has 6 rings (SSSR count). The summed E-state index contributed by atoms with van der Waals surface area (Å²) in [6.07, 6.45) is 1.40. The van der Waals surface area contributed by atoms with Crippen LogP contribution >= 0.6 is 0 Å². The van der Waals surface area contributed by atoms with E-state index >= 15 is 0 Å². The molecule has 2 aromatic heterocycles. The Labute approximate surface area is 232 Å². The summed E-state index contributed by atoms with van der Waals surface area (Å²) in [5.74, 6) is 2.04. The Kier molecular flexibility index (Phi) is 7.87. The number of nitrogens with zero attached hydrogens (tertiary/aromatic N) is 6. The molecule has 2 saturated heterocycles. The number of hydrogen-bond acceptors (Lipinski definition) is 9. The van der Waals surface area contributed by atoms with Crippen LogP contribution in [-0.2, 0) is 14.6 Å². The third kappa shape index (κ3) is 5.91. The SMILES string of the molecule is O=S1(=O)CCN([C@H]2CC[C@H](CNc3cc(-n4c(C(F)F)nc5ccccc54)nc(N4CCOCC4)n3)CC2)CC1. The molecule has 13 heteroatoms. The van der Waals surface area contributed by atoms with Gasteiger partial charge in [-0.2, -0.15) is 9.97 Å². The number of anilines is 2. The highest BCUT2D eigenvalue weighted by Gasteiger charge is 2.30. The summed E-state index contributed by atoms with van der Waals surface area (Å²) in [4.78, 5) is 18.0. The summed E-state index contributed by atoms with van der Waals surface area (Å²) in [7, 11) is -2.88. The van der Waals surface area contributed by atoms with Crippen LogP contribution in [0.25, 0.3) is 16.9 Å². The number of halogens is 2. The van der Waals surface area contributed by atoms with E-state index in [4.69, 9.17) is 14.7 Å². The van der Waals surface area contributed by atoms with Crippen molar-refractivity contribution in [1.82, 2.24) is 24.4 Å². The van der Waals surface area contributed by atoms with Gasteiger partial charge in [-0.15, -0.1) is 0 Å². The first-order valence-corrected chi connectivity index (χ1v) is 15.8. The molecule has 0 unspecified atom stereocenters. The van der Waals surface area contributed by atoms with E-state index in [0.717, 1.165) is 25.7 Å². The Balaban J connectivity index is 1.20. The van der Waals surface area contributed by atoms with E-state index in [1.54, 1.807) is 30.3 Å². The first kappa shape index (κ1) is 27.3. The number of aromatic nitrogens is 4. The molecule has 0 radical (unpaired) electrons. The molecule has 4 heterocycles.